The van der Waals surface area contributed by atoms with Crippen molar-refractivity contribution >= 4 is 19.7 Å². The minimum atomic E-state index is -3.52. The van der Waals surface area contributed by atoms with Gasteiger partial charge in [-0.05, 0) is 36.4 Å². The Bertz CT molecular complexity index is 639. The van der Waals surface area contributed by atoms with Crippen LogP contribution in [-0.2, 0) is 9.05 Å². The van der Waals surface area contributed by atoms with Gasteiger partial charge in [0.15, 0.2) is 0 Å². The molecule has 0 fully saturated rings. The first-order chi connectivity index (χ1) is 9.53. The van der Waals surface area contributed by atoms with Crippen LogP contribution in [0.4, 0.5) is 0 Å². The normalized spacial score (nSPS) is 11.1. The summed E-state index contributed by atoms with van der Waals surface area (Å²) in [7, 11) is 1.57. The SMILES string of the molecule is O=S(=O)(Cl)CCOc1ccc(Oc2ccccc2)cc1. The van der Waals surface area contributed by atoms with E-state index in [9.17, 15) is 8.42 Å². The fourth-order valence-corrected chi connectivity index (χ4v) is 1.96. The van der Waals surface area contributed by atoms with Crippen LogP contribution in [0.1, 0.15) is 0 Å². The summed E-state index contributed by atoms with van der Waals surface area (Å²) in [6.45, 7) is 0.0186. The maximum absolute atomic E-state index is 10.7. The topological polar surface area (TPSA) is 52.6 Å². The maximum Gasteiger partial charge on any atom is 0.235 e. The van der Waals surface area contributed by atoms with Crippen molar-refractivity contribution < 1.29 is 17.9 Å². The molecule has 0 aliphatic carbocycles. The van der Waals surface area contributed by atoms with Gasteiger partial charge < -0.3 is 9.47 Å². The molecule has 0 spiro atoms. The van der Waals surface area contributed by atoms with Crippen LogP contribution in [0, 0.1) is 0 Å². The molecule has 2 aromatic rings. The standard InChI is InChI=1S/C14H13ClO4S/c15-20(16,17)11-10-18-12-6-8-14(9-7-12)19-13-4-2-1-3-5-13/h1-9H,10-11H2. The van der Waals surface area contributed by atoms with Crippen molar-refractivity contribution in [2.45, 2.75) is 0 Å². The molecular weight excluding hydrogens is 300 g/mol. The van der Waals surface area contributed by atoms with Crippen molar-refractivity contribution in [3.05, 3.63) is 54.6 Å². The molecule has 0 radical (unpaired) electrons. The van der Waals surface area contributed by atoms with Crippen molar-refractivity contribution in [1.29, 1.82) is 0 Å². The van der Waals surface area contributed by atoms with Crippen LogP contribution >= 0.6 is 10.7 Å². The molecule has 106 valence electrons. The molecule has 0 N–H and O–H groups in total. The van der Waals surface area contributed by atoms with Crippen molar-refractivity contribution in [3.63, 3.8) is 0 Å². The lowest BCUT2D eigenvalue weighted by Crippen LogP contribution is -2.08. The first-order valence-corrected chi connectivity index (χ1v) is 8.39. The van der Waals surface area contributed by atoms with E-state index in [-0.39, 0.29) is 12.4 Å². The summed E-state index contributed by atoms with van der Waals surface area (Å²) in [6.07, 6.45) is 0. The summed E-state index contributed by atoms with van der Waals surface area (Å²) in [5, 5.41) is 0. The zero-order valence-electron chi connectivity index (χ0n) is 10.5. The summed E-state index contributed by atoms with van der Waals surface area (Å²) in [6, 6.07) is 16.3. The first-order valence-electron chi connectivity index (χ1n) is 5.91. The molecule has 2 aromatic carbocycles. The summed E-state index contributed by atoms with van der Waals surface area (Å²) in [5.41, 5.74) is 0. The van der Waals surface area contributed by atoms with E-state index in [1.54, 1.807) is 24.3 Å². The van der Waals surface area contributed by atoms with Crippen LogP contribution < -0.4 is 9.47 Å². The molecule has 0 bridgehead atoms. The van der Waals surface area contributed by atoms with Crippen molar-refractivity contribution in [1.82, 2.24) is 0 Å². The second kappa shape index (κ2) is 6.63. The predicted molar refractivity (Wildman–Crippen MR) is 78.1 cm³/mol. The third-order valence-electron chi connectivity index (χ3n) is 2.40. The number of para-hydroxylation sites is 1. The summed E-state index contributed by atoms with van der Waals surface area (Å²) >= 11 is 0. The molecular formula is C14H13ClO4S. The average molecular weight is 313 g/mol. The van der Waals surface area contributed by atoms with Gasteiger partial charge in [0.05, 0.1) is 5.75 Å². The van der Waals surface area contributed by atoms with Gasteiger partial charge >= 0.3 is 0 Å². The van der Waals surface area contributed by atoms with Gasteiger partial charge in [-0.2, -0.15) is 0 Å². The van der Waals surface area contributed by atoms with E-state index >= 15 is 0 Å². The minimum Gasteiger partial charge on any atom is -0.492 e. The fraction of sp³-hybridized carbons (Fsp3) is 0.143. The van der Waals surface area contributed by atoms with E-state index in [0.29, 0.717) is 11.5 Å². The van der Waals surface area contributed by atoms with Gasteiger partial charge in [-0.15, -0.1) is 0 Å². The zero-order valence-corrected chi connectivity index (χ0v) is 12.1. The van der Waals surface area contributed by atoms with Crippen molar-refractivity contribution in [2.24, 2.45) is 0 Å². The van der Waals surface area contributed by atoms with Gasteiger partial charge in [0.2, 0.25) is 9.05 Å². The van der Waals surface area contributed by atoms with Gasteiger partial charge in [-0.25, -0.2) is 8.42 Å². The van der Waals surface area contributed by atoms with E-state index in [1.165, 1.54) is 0 Å². The van der Waals surface area contributed by atoms with Gasteiger partial charge in [-0.3, -0.25) is 0 Å². The van der Waals surface area contributed by atoms with Crippen LogP contribution in [0.15, 0.2) is 54.6 Å². The average Bonchev–Trinajstić information content (AvgIpc) is 2.41. The summed E-state index contributed by atoms with van der Waals surface area (Å²) < 4.78 is 32.4. The fourth-order valence-electron chi connectivity index (χ4n) is 1.49. The van der Waals surface area contributed by atoms with E-state index in [4.69, 9.17) is 20.2 Å². The molecule has 0 heterocycles. The molecule has 0 atom stereocenters. The van der Waals surface area contributed by atoms with Crippen LogP contribution in [0.5, 0.6) is 17.2 Å². The highest BCUT2D eigenvalue weighted by atomic mass is 35.7. The van der Waals surface area contributed by atoms with E-state index in [2.05, 4.69) is 0 Å². The van der Waals surface area contributed by atoms with E-state index < -0.39 is 9.05 Å². The Kier molecular flexibility index (Phi) is 4.87. The molecule has 20 heavy (non-hydrogen) atoms. The van der Waals surface area contributed by atoms with Gasteiger partial charge in [0.25, 0.3) is 0 Å². The molecule has 2 rings (SSSR count). The number of benzene rings is 2. The zero-order chi connectivity index (χ0) is 14.4. The third kappa shape index (κ3) is 5.11. The predicted octanol–water partition coefficient (Wildman–Crippen LogP) is 3.43. The number of ether oxygens (including phenoxy) is 2. The van der Waals surface area contributed by atoms with Gasteiger partial charge in [-0.1, -0.05) is 18.2 Å². The number of rotatable bonds is 6. The Morgan fingerprint density at radius 3 is 2.00 bits per heavy atom. The highest BCUT2D eigenvalue weighted by Gasteiger charge is 2.05. The Balaban J connectivity index is 1.90. The molecule has 6 heteroatoms. The van der Waals surface area contributed by atoms with Crippen molar-refractivity contribution in [2.75, 3.05) is 12.4 Å². The largest absolute Gasteiger partial charge is 0.492 e. The van der Waals surface area contributed by atoms with Crippen LogP contribution in [0.3, 0.4) is 0 Å². The lowest BCUT2D eigenvalue weighted by Gasteiger charge is -2.07. The number of hydrogen-bond acceptors (Lipinski definition) is 4. The molecule has 0 aromatic heterocycles. The van der Waals surface area contributed by atoms with Crippen LogP contribution in [0.2, 0.25) is 0 Å². The Morgan fingerprint density at radius 1 is 0.850 bits per heavy atom. The summed E-state index contributed by atoms with van der Waals surface area (Å²) in [4.78, 5) is 0. The van der Waals surface area contributed by atoms with Crippen LogP contribution in [0.25, 0.3) is 0 Å². The number of hydrogen-bond donors (Lipinski definition) is 0. The summed E-state index contributed by atoms with van der Waals surface area (Å²) in [5.74, 6) is 1.75. The molecule has 0 aliphatic heterocycles. The highest BCUT2D eigenvalue weighted by molar-refractivity contribution is 8.13. The monoisotopic (exact) mass is 312 g/mol. The molecule has 4 nitrogen and oxygen atoms in total. The molecule has 0 aliphatic rings. The maximum atomic E-state index is 10.7. The second-order valence-electron chi connectivity index (χ2n) is 3.98. The van der Waals surface area contributed by atoms with E-state index in [0.717, 1.165) is 5.75 Å². The van der Waals surface area contributed by atoms with Gasteiger partial charge in [0.1, 0.15) is 23.9 Å². The Labute approximate surface area is 122 Å². The second-order valence-corrected chi connectivity index (χ2v) is 6.87. The van der Waals surface area contributed by atoms with Crippen LogP contribution in [-0.4, -0.2) is 20.8 Å². The lowest BCUT2D eigenvalue weighted by molar-refractivity contribution is 0.341. The Morgan fingerprint density at radius 2 is 1.40 bits per heavy atom. The quantitative estimate of drug-likeness (QED) is 0.767. The van der Waals surface area contributed by atoms with E-state index in [1.807, 2.05) is 30.3 Å². The highest BCUT2D eigenvalue weighted by Crippen LogP contribution is 2.23. The lowest BCUT2D eigenvalue weighted by atomic mass is 10.3. The smallest absolute Gasteiger partial charge is 0.235 e. The number of halogens is 1. The third-order valence-corrected chi connectivity index (χ3v) is 3.52. The first kappa shape index (κ1) is 14.7. The van der Waals surface area contributed by atoms with Crippen molar-refractivity contribution in [3.8, 4) is 17.2 Å². The van der Waals surface area contributed by atoms with Gasteiger partial charge in [0, 0.05) is 10.7 Å². The molecule has 0 saturated heterocycles. The molecule has 0 saturated carbocycles. The Hall–Kier alpha value is -1.72. The molecule has 0 unspecified atom stereocenters. The molecule has 0 amide bonds. The minimum absolute atomic E-state index is 0.0186.